The van der Waals surface area contributed by atoms with Crippen LogP contribution in [-0.4, -0.2) is 52.3 Å². The van der Waals surface area contributed by atoms with E-state index in [1.54, 1.807) is 6.08 Å². The van der Waals surface area contributed by atoms with E-state index in [1.807, 2.05) is 6.08 Å². The molecule has 10 atom stereocenters. The van der Waals surface area contributed by atoms with Crippen molar-refractivity contribution in [3.63, 3.8) is 0 Å². The second-order valence-corrected chi connectivity index (χ2v) is 11.7. The Labute approximate surface area is 217 Å². The van der Waals surface area contributed by atoms with Crippen molar-refractivity contribution in [2.45, 2.75) is 64.5 Å². The van der Waals surface area contributed by atoms with Gasteiger partial charge in [-0.15, -0.1) is 0 Å². The minimum absolute atomic E-state index is 0.0374. The minimum Gasteiger partial charge on any atom is -0.507 e. The molecule has 2 amide bonds. The Bertz CT molecular complexity index is 1080. The molecule has 0 aromatic heterocycles. The maximum Gasteiger partial charge on any atom is 0.259 e. The molecule has 4 fully saturated rings. The minimum atomic E-state index is -1.20. The maximum atomic E-state index is 13.5. The van der Waals surface area contributed by atoms with Gasteiger partial charge in [0.25, 0.3) is 5.91 Å². The van der Waals surface area contributed by atoms with Gasteiger partial charge in [-0.3, -0.25) is 19.2 Å². The number of fused-ring (bicyclic) bond motifs is 7. The molecule has 0 spiro atoms. The fourth-order valence-electron chi connectivity index (χ4n) is 8.25. The number of carbonyl (C=O) groups excluding carboxylic acids is 4. The Balaban J connectivity index is 1.47. The summed E-state index contributed by atoms with van der Waals surface area (Å²) in [6.07, 6.45) is 9.70. The SMILES string of the molecule is CCC1C[C@H]2C[C@H]3[C@@H]4CC=CC(=O)NCC[C@H](O)[C@@H]5NC(=O)C(=C(O)C=C[C@H]4CC(=O)[C@@H]3[C@H]2[C@@H]1C)C5=O. The highest BCUT2D eigenvalue weighted by atomic mass is 16.3. The molecule has 37 heavy (non-hydrogen) atoms. The van der Waals surface area contributed by atoms with Crippen LogP contribution in [0, 0.1) is 47.3 Å². The summed E-state index contributed by atoms with van der Waals surface area (Å²) >= 11 is 0. The Kier molecular flexibility index (Phi) is 7.14. The van der Waals surface area contributed by atoms with Crippen LogP contribution < -0.4 is 10.6 Å². The van der Waals surface area contributed by atoms with Crippen molar-refractivity contribution in [3.05, 3.63) is 35.6 Å². The highest BCUT2D eigenvalue weighted by Gasteiger charge is 2.58. The second-order valence-electron chi connectivity index (χ2n) is 11.7. The number of allylic oxidation sites excluding steroid dienone is 3. The standard InChI is InChI=1S/C29H38N2O6/c1-3-15-11-17-12-19-18-5-4-6-23(35)30-10-9-21(33)27-28(36)26(29(37)31-27)20(32)8-7-16(18)13-22(34)25(19)24(17)14(15)2/h4,6-8,14-19,21,24-25,27,32-33H,3,5,9-13H2,1-2H3,(H,30,35)(H,31,37)/t14-,15?,16+,17+,18-,19+,21+,24+,25-,27+/m1/s1. The Hall–Kier alpha value is -2.74. The molecule has 0 aromatic carbocycles. The number of rotatable bonds is 1. The van der Waals surface area contributed by atoms with Gasteiger partial charge >= 0.3 is 0 Å². The molecular formula is C29H38N2O6. The van der Waals surface area contributed by atoms with Crippen LogP contribution in [0.4, 0.5) is 0 Å². The fourth-order valence-corrected chi connectivity index (χ4v) is 8.25. The van der Waals surface area contributed by atoms with E-state index in [2.05, 4.69) is 24.5 Å². The molecule has 3 saturated carbocycles. The first kappa shape index (κ1) is 25.9. The fraction of sp³-hybridized carbons (Fsp3) is 0.655. The number of amides is 2. The first-order chi connectivity index (χ1) is 17.7. The Morgan fingerprint density at radius 3 is 2.62 bits per heavy atom. The second kappa shape index (κ2) is 10.2. The number of aliphatic hydroxyl groups excluding tert-OH is 2. The average molecular weight is 511 g/mol. The van der Waals surface area contributed by atoms with Crippen LogP contribution >= 0.6 is 0 Å². The summed E-state index contributed by atoms with van der Waals surface area (Å²) < 4.78 is 0. The lowest BCUT2D eigenvalue weighted by atomic mass is 9.63. The van der Waals surface area contributed by atoms with Crippen molar-refractivity contribution in [1.29, 1.82) is 0 Å². The number of Topliss-reactive ketones (excluding diaryl/α,β-unsaturated/α-hetero) is 2. The zero-order valence-corrected chi connectivity index (χ0v) is 21.6. The first-order valence-electron chi connectivity index (χ1n) is 13.8. The summed E-state index contributed by atoms with van der Waals surface area (Å²) in [5.74, 6) is 0.507. The van der Waals surface area contributed by atoms with Gasteiger partial charge in [-0.2, -0.15) is 0 Å². The molecule has 1 unspecified atom stereocenters. The molecule has 8 heteroatoms. The number of aliphatic hydroxyl groups is 2. The van der Waals surface area contributed by atoms with E-state index < -0.39 is 29.6 Å². The largest absolute Gasteiger partial charge is 0.507 e. The summed E-state index contributed by atoms with van der Waals surface area (Å²) in [5, 5.41) is 26.3. The van der Waals surface area contributed by atoms with Crippen molar-refractivity contribution in [3.8, 4) is 0 Å². The van der Waals surface area contributed by atoms with Crippen LogP contribution in [0.1, 0.15) is 52.4 Å². The molecule has 200 valence electrons. The summed E-state index contributed by atoms with van der Waals surface area (Å²) in [5.41, 5.74) is -0.372. The summed E-state index contributed by atoms with van der Waals surface area (Å²) in [6.45, 7) is 4.68. The van der Waals surface area contributed by atoms with E-state index in [-0.39, 0.29) is 53.9 Å². The predicted molar refractivity (Wildman–Crippen MR) is 136 cm³/mol. The van der Waals surface area contributed by atoms with E-state index >= 15 is 0 Å². The number of carbonyl (C=O) groups is 4. The van der Waals surface area contributed by atoms with Crippen molar-refractivity contribution < 1.29 is 29.4 Å². The van der Waals surface area contributed by atoms with Crippen molar-refractivity contribution in [2.24, 2.45) is 47.3 Å². The number of ketones is 2. The average Bonchev–Trinajstić information content (AvgIpc) is 3.48. The van der Waals surface area contributed by atoms with E-state index in [1.165, 1.54) is 18.6 Å². The zero-order valence-electron chi connectivity index (χ0n) is 21.6. The smallest absolute Gasteiger partial charge is 0.259 e. The molecule has 3 aliphatic carbocycles. The van der Waals surface area contributed by atoms with Gasteiger partial charge in [-0.05, 0) is 79.3 Å². The molecule has 5 rings (SSSR count). The Morgan fingerprint density at radius 1 is 1.08 bits per heavy atom. The predicted octanol–water partition coefficient (Wildman–Crippen LogP) is 2.39. The lowest BCUT2D eigenvalue weighted by Crippen LogP contribution is -2.42. The number of hydrogen-bond donors (Lipinski definition) is 4. The highest BCUT2D eigenvalue weighted by Crippen LogP contribution is 2.61. The van der Waals surface area contributed by atoms with Gasteiger partial charge in [0.1, 0.15) is 23.2 Å². The van der Waals surface area contributed by atoms with Crippen LogP contribution in [0.15, 0.2) is 35.6 Å². The molecule has 1 saturated heterocycles. The third kappa shape index (κ3) is 4.58. The zero-order chi connectivity index (χ0) is 26.4. The lowest BCUT2D eigenvalue weighted by molar-refractivity contribution is -0.131. The molecule has 2 heterocycles. The van der Waals surface area contributed by atoms with Crippen LogP contribution in [-0.2, 0) is 19.2 Å². The van der Waals surface area contributed by atoms with Gasteiger partial charge in [0.05, 0.1) is 6.10 Å². The molecule has 8 nitrogen and oxygen atoms in total. The molecule has 5 aliphatic rings. The normalized spacial score (nSPS) is 42.4. The van der Waals surface area contributed by atoms with Gasteiger partial charge in [-0.25, -0.2) is 0 Å². The topological polar surface area (TPSA) is 133 Å². The monoisotopic (exact) mass is 510 g/mol. The van der Waals surface area contributed by atoms with Gasteiger partial charge in [-0.1, -0.05) is 32.4 Å². The van der Waals surface area contributed by atoms with Gasteiger partial charge < -0.3 is 20.8 Å². The molecule has 2 aliphatic heterocycles. The van der Waals surface area contributed by atoms with Gasteiger partial charge in [0.2, 0.25) is 5.91 Å². The highest BCUT2D eigenvalue weighted by molar-refractivity contribution is 6.27. The molecular weight excluding hydrogens is 472 g/mol. The quantitative estimate of drug-likeness (QED) is 0.401. The van der Waals surface area contributed by atoms with E-state index in [0.29, 0.717) is 36.5 Å². The summed E-state index contributed by atoms with van der Waals surface area (Å²) in [7, 11) is 0. The van der Waals surface area contributed by atoms with Crippen LogP contribution in [0.25, 0.3) is 0 Å². The van der Waals surface area contributed by atoms with Crippen molar-refractivity contribution in [2.75, 3.05) is 6.54 Å². The number of nitrogens with one attached hydrogen (secondary N) is 2. The lowest BCUT2D eigenvalue weighted by Gasteiger charge is -2.40. The summed E-state index contributed by atoms with van der Waals surface area (Å²) in [4.78, 5) is 51.2. The Morgan fingerprint density at radius 2 is 1.86 bits per heavy atom. The van der Waals surface area contributed by atoms with Crippen molar-refractivity contribution >= 4 is 23.4 Å². The molecule has 4 N–H and O–H groups in total. The maximum absolute atomic E-state index is 13.5. The first-order valence-corrected chi connectivity index (χ1v) is 13.8. The van der Waals surface area contributed by atoms with Gasteiger partial charge in [0, 0.05) is 18.9 Å². The van der Waals surface area contributed by atoms with Gasteiger partial charge in [0.15, 0.2) is 5.78 Å². The summed E-state index contributed by atoms with van der Waals surface area (Å²) in [6, 6.07) is -1.17. The van der Waals surface area contributed by atoms with Crippen LogP contribution in [0.3, 0.4) is 0 Å². The van der Waals surface area contributed by atoms with E-state index in [4.69, 9.17) is 0 Å². The van der Waals surface area contributed by atoms with E-state index in [9.17, 15) is 29.4 Å². The molecule has 0 aromatic rings. The third-order valence-corrected chi connectivity index (χ3v) is 9.99. The van der Waals surface area contributed by atoms with Crippen LogP contribution in [0.2, 0.25) is 0 Å². The molecule has 0 radical (unpaired) electrons. The number of hydrogen-bond acceptors (Lipinski definition) is 6. The molecule has 2 bridgehead atoms. The van der Waals surface area contributed by atoms with Crippen molar-refractivity contribution in [1.82, 2.24) is 10.6 Å². The third-order valence-electron chi connectivity index (χ3n) is 9.99. The van der Waals surface area contributed by atoms with Crippen LogP contribution in [0.5, 0.6) is 0 Å². The van der Waals surface area contributed by atoms with E-state index in [0.717, 1.165) is 12.8 Å².